The topological polar surface area (TPSA) is 20.3 Å². The minimum absolute atomic E-state index is 0.231. The van der Waals surface area contributed by atoms with Crippen molar-refractivity contribution in [2.24, 2.45) is 5.92 Å². The third kappa shape index (κ3) is 1.73. The third-order valence-corrected chi connectivity index (χ3v) is 3.75. The molecule has 1 amide bonds. The molecule has 0 aromatic heterocycles. The molecule has 0 bridgehead atoms. The molecule has 2 nitrogen and oxygen atoms in total. The van der Waals surface area contributed by atoms with Crippen molar-refractivity contribution in [3.05, 3.63) is 35.9 Å². The lowest BCUT2D eigenvalue weighted by atomic mass is 10.1. The van der Waals surface area contributed by atoms with E-state index in [-0.39, 0.29) is 5.91 Å². The molecule has 0 radical (unpaired) electrons. The van der Waals surface area contributed by atoms with Crippen molar-refractivity contribution in [2.45, 2.75) is 31.7 Å². The van der Waals surface area contributed by atoms with Gasteiger partial charge in [-0.25, -0.2) is 0 Å². The molecule has 2 aliphatic rings. The summed E-state index contributed by atoms with van der Waals surface area (Å²) < 4.78 is 0. The molecule has 0 unspecified atom stereocenters. The fourth-order valence-electron chi connectivity index (χ4n) is 2.76. The molecule has 1 saturated heterocycles. The minimum Gasteiger partial charge on any atom is -0.335 e. The number of hydrogen-bond donors (Lipinski definition) is 0. The lowest BCUT2D eigenvalue weighted by molar-refractivity contribution is 0.0721. The summed E-state index contributed by atoms with van der Waals surface area (Å²) in [5, 5.41) is 0. The molecule has 0 N–H and O–H groups in total. The van der Waals surface area contributed by atoms with Gasteiger partial charge in [-0.15, -0.1) is 0 Å². The van der Waals surface area contributed by atoms with E-state index in [1.165, 1.54) is 25.7 Å². The van der Waals surface area contributed by atoms with Gasteiger partial charge in [-0.2, -0.15) is 0 Å². The van der Waals surface area contributed by atoms with Crippen LogP contribution < -0.4 is 0 Å². The normalized spacial score (nSPS) is 24.8. The van der Waals surface area contributed by atoms with E-state index in [0.29, 0.717) is 6.04 Å². The molecule has 84 valence electrons. The summed E-state index contributed by atoms with van der Waals surface area (Å²) >= 11 is 0. The molecule has 2 heteroatoms. The molecular formula is C14H17NO. The van der Waals surface area contributed by atoms with Gasteiger partial charge in [0.05, 0.1) is 0 Å². The van der Waals surface area contributed by atoms with Crippen LogP contribution in [0.5, 0.6) is 0 Å². The van der Waals surface area contributed by atoms with Crippen LogP contribution in [0.3, 0.4) is 0 Å². The summed E-state index contributed by atoms with van der Waals surface area (Å²) in [7, 11) is 0. The number of benzene rings is 1. The monoisotopic (exact) mass is 215 g/mol. The van der Waals surface area contributed by atoms with Crippen LogP contribution in [0, 0.1) is 5.92 Å². The Kier molecular flexibility index (Phi) is 2.43. The molecule has 16 heavy (non-hydrogen) atoms. The minimum atomic E-state index is 0.231. The van der Waals surface area contributed by atoms with Crippen LogP contribution in [0.1, 0.15) is 36.0 Å². The summed E-state index contributed by atoms with van der Waals surface area (Å²) in [5.41, 5.74) is 0.843. The zero-order chi connectivity index (χ0) is 11.0. The van der Waals surface area contributed by atoms with Crippen LogP contribution in [0.2, 0.25) is 0 Å². The van der Waals surface area contributed by atoms with Crippen LogP contribution in [-0.2, 0) is 0 Å². The quantitative estimate of drug-likeness (QED) is 0.742. The second kappa shape index (κ2) is 3.93. The fraction of sp³-hybridized carbons (Fsp3) is 0.500. The number of carbonyl (C=O) groups excluding carboxylic acids is 1. The third-order valence-electron chi connectivity index (χ3n) is 3.75. The van der Waals surface area contributed by atoms with Crippen molar-refractivity contribution in [3.8, 4) is 0 Å². The van der Waals surface area contributed by atoms with Crippen molar-refractivity contribution in [1.82, 2.24) is 4.90 Å². The lowest BCUT2D eigenvalue weighted by Crippen LogP contribution is -2.36. The van der Waals surface area contributed by atoms with Gasteiger partial charge in [-0.3, -0.25) is 4.79 Å². The van der Waals surface area contributed by atoms with Crippen LogP contribution >= 0.6 is 0 Å². The molecule has 3 rings (SSSR count). The molecule has 1 aromatic carbocycles. The Labute approximate surface area is 96.3 Å². The number of likely N-dealkylation sites (tertiary alicyclic amines) is 1. The van der Waals surface area contributed by atoms with Gasteiger partial charge in [0, 0.05) is 18.2 Å². The average molecular weight is 215 g/mol. The molecule has 1 heterocycles. The van der Waals surface area contributed by atoms with Gasteiger partial charge in [-0.05, 0) is 43.7 Å². The second-order valence-corrected chi connectivity index (χ2v) is 4.91. The lowest BCUT2D eigenvalue weighted by Gasteiger charge is -2.24. The zero-order valence-corrected chi connectivity index (χ0v) is 9.43. The smallest absolute Gasteiger partial charge is 0.254 e. The number of hydrogen-bond acceptors (Lipinski definition) is 1. The van der Waals surface area contributed by atoms with Gasteiger partial charge >= 0.3 is 0 Å². The van der Waals surface area contributed by atoms with Gasteiger partial charge in [-0.1, -0.05) is 18.2 Å². The number of nitrogens with zero attached hydrogens (tertiary/aromatic N) is 1. The highest BCUT2D eigenvalue weighted by atomic mass is 16.2. The number of carbonyl (C=O) groups is 1. The van der Waals surface area contributed by atoms with Crippen LogP contribution in [-0.4, -0.2) is 23.4 Å². The Morgan fingerprint density at radius 2 is 1.88 bits per heavy atom. The summed E-state index contributed by atoms with van der Waals surface area (Å²) in [5.74, 6) is 1.03. The second-order valence-electron chi connectivity index (χ2n) is 4.91. The highest BCUT2D eigenvalue weighted by Crippen LogP contribution is 2.40. The summed E-state index contributed by atoms with van der Waals surface area (Å²) in [6.07, 6.45) is 5.04. The van der Waals surface area contributed by atoms with Gasteiger partial charge < -0.3 is 4.90 Å². The molecule has 2 fully saturated rings. The molecular weight excluding hydrogens is 198 g/mol. The van der Waals surface area contributed by atoms with E-state index < -0.39 is 0 Å². The van der Waals surface area contributed by atoms with Crippen molar-refractivity contribution in [1.29, 1.82) is 0 Å². The van der Waals surface area contributed by atoms with E-state index in [1.54, 1.807) is 0 Å². The first-order valence-electron chi connectivity index (χ1n) is 6.22. The number of amides is 1. The maximum absolute atomic E-state index is 12.3. The number of rotatable bonds is 2. The Balaban J connectivity index is 1.79. The van der Waals surface area contributed by atoms with Gasteiger partial charge in [0.15, 0.2) is 0 Å². The standard InChI is InChI=1S/C14H17NO/c16-14(12-5-2-1-3-6-12)15-10-4-7-13(15)11-8-9-11/h1-3,5-6,11,13H,4,7-10H2/t13-/m0/s1. The molecule has 1 aromatic rings. The van der Waals surface area contributed by atoms with E-state index >= 15 is 0 Å². The van der Waals surface area contributed by atoms with Crippen molar-refractivity contribution < 1.29 is 4.79 Å². The molecule has 1 aliphatic heterocycles. The zero-order valence-electron chi connectivity index (χ0n) is 9.43. The van der Waals surface area contributed by atoms with Gasteiger partial charge in [0.25, 0.3) is 5.91 Å². The van der Waals surface area contributed by atoms with E-state index in [2.05, 4.69) is 4.90 Å². The fourth-order valence-corrected chi connectivity index (χ4v) is 2.76. The average Bonchev–Trinajstić information content (AvgIpc) is 3.07. The van der Waals surface area contributed by atoms with Crippen molar-refractivity contribution in [2.75, 3.05) is 6.54 Å². The Morgan fingerprint density at radius 3 is 2.56 bits per heavy atom. The largest absolute Gasteiger partial charge is 0.335 e. The maximum atomic E-state index is 12.3. The first-order chi connectivity index (χ1) is 7.86. The molecule has 1 aliphatic carbocycles. The first-order valence-corrected chi connectivity index (χ1v) is 6.22. The predicted molar refractivity (Wildman–Crippen MR) is 63.2 cm³/mol. The Hall–Kier alpha value is -1.31. The van der Waals surface area contributed by atoms with E-state index in [0.717, 1.165) is 18.0 Å². The van der Waals surface area contributed by atoms with Crippen LogP contribution in [0.15, 0.2) is 30.3 Å². The van der Waals surface area contributed by atoms with Gasteiger partial charge in [0.1, 0.15) is 0 Å². The Bertz CT molecular complexity index is 383. The van der Waals surface area contributed by atoms with Crippen molar-refractivity contribution in [3.63, 3.8) is 0 Å². The van der Waals surface area contributed by atoms with E-state index in [9.17, 15) is 4.79 Å². The van der Waals surface area contributed by atoms with E-state index in [1.807, 2.05) is 30.3 Å². The maximum Gasteiger partial charge on any atom is 0.254 e. The predicted octanol–water partition coefficient (Wildman–Crippen LogP) is 2.70. The molecule has 0 spiro atoms. The summed E-state index contributed by atoms with van der Waals surface area (Å²) in [6, 6.07) is 10.2. The summed E-state index contributed by atoms with van der Waals surface area (Å²) in [4.78, 5) is 14.4. The first kappa shape index (κ1) is 9.88. The molecule has 1 atom stereocenters. The SMILES string of the molecule is O=C(c1ccccc1)N1CCC[C@H]1C1CC1. The summed E-state index contributed by atoms with van der Waals surface area (Å²) in [6.45, 7) is 0.953. The van der Waals surface area contributed by atoms with Crippen LogP contribution in [0.25, 0.3) is 0 Å². The molecule has 1 saturated carbocycles. The van der Waals surface area contributed by atoms with Crippen molar-refractivity contribution >= 4 is 5.91 Å². The van der Waals surface area contributed by atoms with Gasteiger partial charge in [0.2, 0.25) is 0 Å². The highest BCUT2D eigenvalue weighted by molar-refractivity contribution is 5.94. The van der Waals surface area contributed by atoms with Crippen LogP contribution in [0.4, 0.5) is 0 Å². The van der Waals surface area contributed by atoms with E-state index in [4.69, 9.17) is 0 Å². The highest BCUT2D eigenvalue weighted by Gasteiger charge is 2.40. The Morgan fingerprint density at radius 1 is 1.12 bits per heavy atom.